The first-order chi connectivity index (χ1) is 10.2. The standard InChI is InChI=1S/C15H12ClN3OS/c16-11-5-1-2-6-12(11)18-15(20)19-14-10(8-17)9-4-3-7-13(9)21-14/h1-2,5-6H,3-4,7H2,(H2,18,19,20). The van der Waals surface area contributed by atoms with Crippen LogP contribution in [0.15, 0.2) is 24.3 Å². The van der Waals surface area contributed by atoms with Crippen molar-refractivity contribution in [3.8, 4) is 6.07 Å². The van der Waals surface area contributed by atoms with Gasteiger partial charge in [0.15, 0.2) is 0 Å². The molecule has 3 rings (SSSR count). The van der Waals surface area contributed by atoms with Gasteiger partial charge in [-0.3, -0.25) is 5.32 Å². The molecule has 0 bridgehead atoms. The third-order valence-corrected chi connectivity index (χ3v) is 4.92. The fraction of sp³-hybridized carbons (Fsp3) is 0.200. The Hall–Kier alpha value is -2.03. The number of hydrogen-bond acceptors (Lipinski definition) is 3. The number of rotatable bonds is 2. The molecule has 0 radical (unpaired) electrons. The van der Waals surface area contributed by atoms with Crippen molar-refractivity contribution < 1.29 is 4.79 Å². The fourth-order valence-electron chi connectivity index (χ4n) is 2.43. The Labute approximate surface area is 131 Å². The van der Waals surface area contributed by atoms with Gasteiger partial charge in [-0.2, -0.15) is 5.26 Å². The highest BCUT2D eigenvalue weighted by Crippen LogP contribution is 2.38. The number of hydrogen-bond donors (Lipinski definition) is 2. The number of carbonyl (C=O) groups is 1. The van der Waals surface area contributed by atoms with Gasteiger partial charge in [-0.1, -0.05) is 23.7 Å². The van der Waals surface area contributed by atoms with Crippen molar-refractivity contribution in [2.45, 2.75) is 19.3 Å². The average molecular weight is 318 g/mol. The lowest BCUT2D eigenvalue weighted by molar-refractivity contribution is 0.262. The highest BCUT2D eigenvalue weighted by molar-refractivity contribution is 7.16. The average Bonchev–Trinajstić information content (AvgIpc) is 3.01. The third kappa shape index (κ3) is 2.73. The largest absolute Gasteiger partial charge is 0.324 e. The van der Waals surface area contributed by atoms with E-state index in [9.17, 15) is 10.1 Å². The Balaban J connectivity index is 1.77. The molecule has 1 heterocycles. The van der Waals surface area contributed by atoms with Crippen LogP contribution >= 0.6 is 22.9 Å². The molecule has 0 atom stereocenters. The van der Waals surface area contributed by atoms with E-state index in [2.05, 4.69) is 16.7 Å². The van der Waals surface area contributed by atoms with Gasteiger partial charge in [-0.15, -0.1) is 11.3 Å². The second-order valence-electron chi connectivity index (χ2n) is 4.73. The molecule has 106 valence electrons. The van der Waals surface area contributed by atoms with Crippen LogP contribution in [-0.4, -0.2) is 6.03 Å². The van der Waals surface area contributed by atoms with E-state index in [1.54, 1.807) is 24.3 Å². The molecule has 1 aromatic carbocycles. The molecule has 0 saturated heterocycles. The maximum atomic E-state index is 12.0. The predicted octanol–water partition coefficient (Wildman–Crippen LogP) is 4.41. The van der Waals surface area contributed by atoms with Gasteiger partial charge in [0, 0.05) is 4.88 Å². The van der Waals surface area contributed by atoms with Crippen molar-refractivity contribution >= 4 is 39.7 Å². The van der Waals surface area contributed by atoms with Crippen LogP contribution in [0.3, 0.4) is 0 Å². The second-order valence-corrected chi connectivity index (χ2v) is 6.24. The van der Waals surface area contributed by atoms with E-state index < -0.39 is 0 Å². The number of fused-ring (bicyclic) bond motifs is 1. The summed E-state index contributed by atoms with van der Waals surface area (Å²) >= 11 is 7.49. The van der Waals surface area contributed by atoms with Crippen molar-refractivity contribution in [1.82, 2.24) is 0 Å². The minimum Gasteiger partial charge on any atom is -0.306 e. The van der Waals surface area contributed by atoms with Crippen LogP contribution < -0.4 is 10.6 Å². The summed E-state index contributed by atoms with van der Waals surface area (Å²) in [6, 6.07) is 8.83. The van der Waals surface area contributed by atoms with Gasteiger partial charge in [0.1, 0.15) is 11.1 Å². The quantitative estimate of drug-likeness (QED) is 0.861. The van der Waals surface area contributed by atoms with Gasteiger partial charge in [0.05, 0.1) is 16.3 Å². The van der Waals surface area contributed by atoms with Gasteiger partial charge in [0.2, 0.25) is 0 Å². The number of nitrogens with zero attached hydrogens (tertiary/aromatic N) is 1. The van der Waals surface area contributed by atoms with Crippen molar-refractivity contribution in [2.75, 3.05) is 10.6 Å². The molecule has 0 fully saturated rings. The van der Waals surface area contributed by atoms with E-state index in [0.29, 0.717) is 21.3 Å². The van der Waals surface area contributed by atoms with Crippen LogP contribution in [-0.2, 0) is 12.8 Å². The summed E-state index contributed by atoms with van der Waals surface area (Å²) in [5.74, 6) is 0. The number of carbonyl (C=O) groups excluding carboxylic acids is 1. The van der Waals surface area contributed by atoms with Crippen LogP contribution in [0, 0.1) is 11.3 Å². The number of urea groups is 1. The van der Waals surface area contributed by atoms with Crippen molar-refractivity contribution in [1.29, 1.82) is 5.26 Å². The predicted molar refractivity (Wildman–Crippen MR) is 85.2 cm³/mol. The van der Waals surface area contributed by atoms with Crippen molar-refractivity contribution in [3.05, 3.63) is 45.3 Å². The highest BCUT2D eigenvalue weighted by Gasteiger charge is 2.23. The molecule has 0 unspecified atom stereocenters. The zero-order valence-electron chi connectivity index (χ0n) is 11.1. The van der Waals surface area contributed by atoms with Crippen LogP contribution in [0.2, 0.25) is 5.02 Å². The maximum Gasteiger partial charge on any atom is 0.324 e. The van der Waals surface area contributed by atoms with E-state index >= 15 is 0 Å². The summed E-state index contributed by atoms with van der Waals surface area (Å²) in [4.78, 5) is 13.3. The summed E-state index contributed by atoms with van der Waals surface area (Å²) in [5.41, 5.74) is 2.23. The number of para-hydroxylation sites is 1. The number of thiophene rings is 1. The molecule has 2 amide bonds. The number of halogens is 1. The Bertz CT molecular complexity index is 748. The molecule has 1 aliphatic carbocycles. The molecule has 1 aliphatic rings. The molecular formula is C15H12ClN3OS. The molecule has 0 spiro atoms. The van der Waals surface area contributed by atoms with Crippen LogP contribution in [0.4, 0.5) is 15.5 Å². The van der Waals surface area contributed by atoms with Gasteiger partial charge >= 0.3 is 6.03 Å². The van der Waals surface area contributed by atoms with Gasteiger partial charge in [-0.05, 0) is 37.0 Å². The highest BCUT2D eigenvalue weighted by atomic mass is 35.5. The number of aryl methyl sites for hydroxylation is 1. The Morgan fingerprint density at radius 3 is 2.86 bits per heavy atom. The van der Waals surface area contributed by atoms with E-state index in [4.69, 9.17) is 11.6 Å². The molecule has 0 aliphatic heterocycles. The third-order valence-electron chi connectivity index (χ3n) is 3.38. The molecule has 21 heavy (non-hydrogen) atoms. The topological polar surface area (TPSA) is 64.9 Å². The zero-order chi connectivity index (χ0) is 14.8. The lowest BCUT2D eigenvalue weighted by Gasteiger charge is -2.08. The summed E-state index contributed by atoms with van der Waals surface area (Å²) in [5, 5.41) is 15.8. The summed E-state index contributed by atoms with van der Waals surface area (Å²) in [6.45, 7) is 0. The Morgan fingerprint density at radius 2 is 2.10 bits per heavy atom. The summed E-state index contributed by atoms with van der Waals surface area (Å²) < 4.78 is 0. The van der Waals surface area contributed by atoms with Crippen LogP contribution in [0.25, 0.3) is 0 Å². The first-order valence-electron chi connectivity index (χ1n) is 6.56. The SMILES string of the molecule is N#Cc1c(NC(=O)Nc2ccccc2Cl)sc2c1CCC2. The van der Waals surface area contributed by atoms with E-state index in [1.165, 1.54) is 16.2 Å². The summed E-state index contributed by atoms with van der Waals surface area (Å²) in [6.07, 6.45) is 2.99. The van der Waals surface area contributed by atoms with E-state index in [-0.39, 0.29) is 6.03 Å². The molecule has 2 aromatic rings. The lowest BCUT2D eigenvalue weighted by atomic mass is 10.1. The molecular weight excluding hydrogens is 306 g/mol. The molecule has 6 heteroatoms. The van der Waals surface area contributed by atoms with Crippen molar-refractivity contribution in [3.63, 3.8) is 0 Å². The lowest BCUT2D eigenvalue weighted by Crippen LogP contribution is -2.19. The maximum absolute atomic E-state index is 12.0. The molecule has 4 nitrogen and oxygen atoms in total. The number of amides is 2. The molecule has 1 aromatic heterocycles. The first kappa shape index (κ1) is 13.9. The van der Waals surface area contributed by atoms with Gasteiger partial charge in [-0.25, -0.2) is 4.79 Å². The normalized spacial score (nSPS) is 12.6. The number of anilines is 2. The minimum atomic E-state index is -0.389. The molecule has 0 saturated carbocycles. The number of benzene rings is 1. The Kier molecular flexibility index (Phi) is 3.82. The van der Waals surface area contributed by atoms with Gasteiger partial charge in [0.25, 0.3) is 0 Å². The number of nitrogens with one attached hydrogen (secondary N) is 2. The van der Waals surface area contributed by atoms with Crippen LogP contribution in [0.5, 0.6) is 0 Å². The summed E-state index contributed by atoms with van der Waals surface area (Å²) in [7, 11) is 0. The number of nitriles is 1. The smallest absolute Gasteiger partial charge is 0.306 e. The second kappa shape index (κ2) is 5.76. The van der Waals surface area contributed by atoms with E-state index in [1.807, 2.05) is 0 Å². The Morgan fingerprint density at radius 1 is 1.29 bits per heavy atom. The zero-order valence-corrected chi connectivity index (χ0v) is 12.6. The molecule has 2 N–H and O–H groups in total. The van der Waals surface area contributed by atoms with Crippen LogP contribution in [0.1, 0.15) is 22.4 Å². The van der Waals surface area contributed by atoms with Crippen molar-refractivity contribution in [2.24, 2.45) is 0 Å². The van der Waals surface area contributed by atoms with Gasteiger partial charge < -0.3 is 5.32 Å². The first-order valence-corrected chi connectivity index (χ1v) is 7.75. The van der Waals surface area contributed by atoms with E-state index in [0.717, 1.165) is 24.8 Å². The monoisotopic (exact) mass is 317 g/mol. The minimum absolute atomic E-state index is 0.389. The fourth-order valence-corrected chi connectivity index (χ4v) is 3.85.